The Morgan fingerprint density at radius 1 is 0.613 bits per heavy atom. The van der Waals surface area contributed by atoms with Gasteiger partial charge in [0.05, 0.1) is 24.7 Å². The van der Waals surface area contributed by atoms with Crippen LogP contribution in [0.4, 0.5) is 0 Å². The van der Waals surface area contributed by atoms with Gasteiger partial charge in [-0.2, -0.15) is 13.7 Å². The van der Waals surface area contributed by atoms with Gasteiger partial charge in [-0.05, 0) is 126 Å². The van der Waals surface area contributed by atoms with Gasteiger partial charge in [0.1, 0.15) is 29.5 Å². The normalized spacial score (nSPS) is 23.0. The van der Waals surface area contributed by atoms with Gasteiger partial charge in [0.2, 0.25) is 0 Å². The Labute approximate surface area is 477 Å². The molecule has 5 heterocycles. The minimum Gasteiger partial charge on any atom is -0.481 e. The third-order valence-electron chi connectivity index (χ3n) is 17.0. The van der Waals surface area contributed by atoms with E-state index in [4.69, 9.17) is 27.0 Å². The lowest BCUT2D eigenvalue weighted by atomic mass is 9.71. The smallest absolute Gasteiger partial charge is 0.394 e. The fourth-order valence-corrected chi connectivity index (χ4v) is 12.4. The Balaban J connectivity index is 0.000000190. The maximum atomic E-state index is 12.4. The van der Waals surface area contributed by atoms with Crippen LogP contribution in [0.15, 0.2) is 152 Å². The second-order valence-electron chi connectivity index (χ2n) is 21.5. The second kappa shape index (κ2) is 29.6. The quantitative estimate of drug-likeness (QED) is 0.0487. The Kier molecular flexibility index (Phi) is 23.4. The molecule has 18 heteroatoms. The van der Waals surface area contributed by atoms with E-state index in [1.54, 1.807) is 0 Å². The zero-order chi connectivity index (χ0) is 56.6. The molecular weight excluding hydrogens is 1060 g/mol. The van der Waals surface area contributed by atoms with Crippen LogP contribution in [0.2, 0.25) is 0 Å². The summed E-state index contributed by atoms with van der Waals surface area (Å²) in [5, 5.41) is 39.5. The molecule has 0 radical (unpaired) electrons. The van der Waals surface area contributed by atoms with Gasteiger partial charge in [0.15, 0.2) is 0 Å². The van der Waals surface area contributed by atoms with Crippen LogP contribution in [0.1, 0.15) is 110 Å². The van der Waals surface area contributed by atoms with Crippen molar-refractivity contribution in [3.63, 3.8) is 0 Å². The van der Waals surface area contributed by atoms with E-state index in [1.807, 2.05) is 152 Å². The van der Waals surface area contributed by atoms with E-state index in [0.717, 1.165) is 60.0 Å². The number of nitriles is 1. The van der Waals surface area contributed by atoms with Gasteiger partial charge in [-0.1, -0.05) is 152 Å². The molecule has 5 aliphatic rings. The van der Waals surface area contributed by atoms with Crippen molar-refractivity contribution >= 4 is 40.7 Å². The van der Waals surface area contributed by atoms with Crippen molar-refractivity contribution in [1.82, 2.24) is 14.7 Å². The van der Waals surface area contributed by atoms with Gasteiger partial charge in [0.25, 0.3) is 0 Å². The molecule has 5 saturated heterocycles. The van der Waals surface area contributed by atoms with Crippen LogP contribution in [0.25, 0.3) is 0 Å². The number of hydrogen-bond acceptors (Lipinski definition) is 13. The van der Waals surface area contributed by atoms with Gasteiger partial charge in [-0.25, -0.2) is 0 Å². The van der Waals surface area contributed by atoms with Crippen molar-refractivity contribution in [2.24, 2.45) is 0 Å². The van der Waals surface area contributed by atoms with Crippen LogP contribution in [0, 0.1) is 11.3 Å². The highest BCUT2D eigenvalue weighted by molar-refractivity contribution is 7.79. The highest BCUT2D eigenvalue weighted by Gasteiger charge is 2.45. The van der Waals surface area contributed by atoms with Gasteiger partial charge in [-0.3, -0.25) is 23.5 Å². The molecule has 4 unspecified atom stereocenters. The first-order valence-corrected chi connectivity index (χ1v) is 28.8. The number of carbonyl (C=O) groups excluding carboxylic acids is 2. The predicted octanol–water partition coefficient (Wildman–Crippen LogP) is 8.64. The summed E-state index contributed by atoms with van der Waals surface area (Å²) in [6.07, 6.45) is 10.3. The Morgan fingerprint density at radius 2 is 0.938 bits per heavy atom. The van der Waals surface area contributed by atoms with Crippen molar-refractivity contribution in [2.45, 2.75) is 130 Å². The minimum atomic E-state index is -4.67. The molecular formula is C62H77ClN4O12S. The molecule has 5 aliphatic heterocycles. The van der Waals surface area contributed by atoms with Crippen molar-refractivity contribution < 1.29 is 56.7 Å². The van der Waals surface area contributed by atoms with Crippen molar-refractivity contribution in [2.75, 3.05) is 46.9 Å². The summed E-state index contributed by atoms with van der Waals surface area (Å²) in [6.45, 7) is 1.73. The molecule has 0 aliphatic carbocycles. The third kappa shape index (κ3) is 16.3. The van der Waals surface area contributed by atoms with E-state index in [-0.39, 0.29) is 49.8 Å². The molecule has 80 heavy (non-hydrogen) atoms. The molecule has 430 valence electrons. The van der Waals surface area contributed by atoms with Crippen LogP contribution >= 0.6 is 12.4 Å². The number of aliphatic carboxylic acids is 1. The summed E-state index contributed by atoms with van der Waals surface area (Å²) < 4.78 is 43.0. The molecule has 4 bridgehead atoms. The SMILES string of the molecule is CN1[C@@H]2CC[C@H]1CC(OC(=O)C(CO)c1ccccc1)C2.CN1[C@@H]2CC[C@H]1CC(OC(=O)C(CO)c1ccccc1)C2.Cl.N#CC(CCN1CCC(C(=O)O)(c2ccccc2)CC1)(c1ccccc1)c1ccccc1.O=S(=O)(O)O. The Hall–Kier alpha value is -6.04. The summed E-state index contributed by atoms with van der Waals surface area (Å²) in [7, 11) is -0.332. The van der Waals surface area contributed by atoms with Crippen LogP contribution < -0.4 is 0 Å². The number of benzene rings is 5. The number of carboxylic acid groups (broad SMARTS) is 1. The molecule has 16 nitrogen and oxygen atoms in total. The second-order valence-corrected chi connectivity index (χ2v) is 22.4. The number of nitrogens with zero attached hydrogens (tertiary/aromatic N) is 4. The van der Waals surface area contributed by atoms with Crippen LogP contribution in [0.5, 0.6) is 0 Å². The van der Waals surface area contributed by atoms with E-state index in [0.29, 0.717) is 56.5 Å². The van der Waals surface area contributed by atoms with Crippen LogP contribution in [-0.2, 0) is 45.1 Å². The van der Waals surface area contributed by atoms with E-state index < -0.39 is 39.0 Å². The van der Waals surface area contributed by atoms with E-state index >= 15 is 0 Å². The van der Waals surface area contributed by atoms with Crippen LogP contribution in [0.3, 0.4) is 0 Å². The molecule has 0 saturated carbocycles. The monoisotopic (exact) mass is 1140 g/mol. The number of aliphatic hydroxyl groups excluding tert-OH is 2. The largest absolute Gasteiger partial charge is 0.481 e. The first kappa shape index (κ1) is 63.1. The number of rotatable bonds is 15. The molecule has 10 rings (SSSR count). The zero-order valence-electron chi connectivity index (χ0n) is 45.6. The number of piperidine rings is 3. The van der Waals surface area contributed by atoms with E-state index in [1.165, 1.54) is 25.7 Å². The zero-order valence-corrected chi connectivity index (χ0v) is 47.2. The Morgan fingerprint density at radius 3 is 1.25 bits per heavy atom. The molecule has 5 aromatic rings. The summed E-state index contributed by atoms with van der Waals surface area (Å²) in [5.41, 5.74) is 2.95. The average molecular weight is 1140 g/mol. The molecule has 5 N–H and O–H groups in total. The lowest BCUT2D eigenvalue weighted by Crippen LogP contribution is -2.48. The summed E-state index contributed by atoms with van der Waals surface area (Å²) in [5.74, 6) is -2.47. The summed E-state index contributed by atoms with van der Waals surface area (Å²) in [4.78, 5) is 44.1. The van der Waals surface area contributed by atoms with Crippen molar-refractivity contribution in [1.29, 1.82) is 5.26 Å². The van der Waals surface area contributed by atoms with Crippen molar-refractivity contribution in [3.05, 3.63) is 179 Å². The molecule has 5 fully saturated rings. The fraction of sp³-hybridized carbons (Fsp3) is 0.452. The van der Waals surface area contributed by atoms with Crippen molar-refractivity contribution in [3.8, 4) is 6.07 Å². The molecule has 0 spiro atoms. The first-order chi connectivity index (χ1) is 38.0. The lowest BCUT2D eigenvalue weighted by molar-refractivity contribution is -0.156. The summed E-state index contributed by atoms with van der Waals surface area (Å²) >= 11 is 0. The highest BCUT2D eigenvalue weighted by atomic mass is 35.5. The van der Waals surface area contributed by atoms with Gasteiger partial charge in [-0.15, -0.1) is 12.4 Å². The van der Waals surface area contributed by atoms with E-state index in [9.17, 15) is 35.0 Å². The van der Waals surface area contributed by atoms with Gasteiger partial charge < -0.3 is 39.5 Å². The molecule has 0 amide bonds. The number of fused-ring (bicyclic) bond motifs is 4. The number of carbonyl (C=O) groups is 3. The maximum absolute atomic E-state index is 12.4. The van der Waals surface area contributed by atoms with E-state index in [2.05, 4.69) is 34.9 Å². The van der Waals surface area contributed by atoms with Gasteiger partial charge in [0, 0.05) is 30.7 Å². The summed E-state index contributed by atoms with van der Waals surface area (Å²) in [6, 6.07) is 53.1. The number of halogens is 1. The third-order valence-corrected chi connectivity index (χ3v) is 17.0. The lowest BCUT2D eigenvalue weighted by Gasteiger charge is -2.40. The number of aliphatic hydroxyl groups is 2. The highest BCUT2D eigenvalue weighted by Crippen LogP contribution is 2.40. The number of carboxylic acids is 1. The molecule has 8 atom stereocenters. The topological polar surface area (TPSA) is 238 Å². The first-order valence-electron chi connectivity index (χ1n) is 27.4. The maximum Gasteiger partial charge on any atom is 0.394 e. The molecule has 5 aromatic carbocycles. The minimum absolute atomic E-state index is 0. The Bertz CT molecular complexity index is 2700. The number of esters is 2. The number of ether oxygens (including phenoxy) is 2. The number of hydrogen-bond donors (Lipinski definition) is 5. The standard InChI is InChI=1S/C28H28N2O2.2C17H23NO3.ClH.H2O4S/c29-22-28(24-12-6-2-7-13-24,25-14-8-3-9-15-25)18-21-30-19-16-27(17-20-30,26(31)32)23-10-4-1-5-11-23;2*1-18-13-7-8-14(18)10-15(9-13)21-17(20)16(11-19)12-5-3-2-4-6-12;;1-5(2,3)4/h1-15H,16-21H2,(H,31,32);2*2-6,13-16,19H,7-11H2,1H3;1H;(H2,1,2,3,4)/t;2*13-,14+,15?,16?;;. The number of likely N-dealkylation sites (tertiary alicyclic amines) is 1. The average Bonchev–Trinajstić information content (AvgIpc) is 3.80. The van der Waals surface area contributed by atoms with Gasteiger partial charge >= 0.3 is 28.3 Å². The predicted molar refractivity (Wildman–Crippen MR) is 307 cm³/mol. The molecule has 0 aromatic heterocycles. The fourth-order valence-electron chi connectivity index (χ4n) is 12.4. The van der Waals surface area contributed by atoms with Crippen LogP contribution in [-0.4, -0.2) is 149 Å².